The monoisotopic (exact) mass is 294 g/mol. The van der Waals surface area contributed by atoms with Gasteiger partial charge in [0.2, 0.25) is 0 Å². The quantitative estimate of drug-likeness (QED) is 0.924. The first-order valence-electron chi connectivity index (χ1n) is 5.96. The predicted octanol–water partition coefficient (Wildman–Crippen LogP) is 3.04. The fourth-order valence-electron chi connectivity index (χ4n) is 1.57. The van der Waals surface area contributed by atoms with E-state index in [1.807, 2.05) is 0 Å². The third kappa shape index (κ3) is 3.27. The van der Waals surface area contributed by atoms with Crippen LogP contribution in [0.2, 0.25) is 5.02 Å². The molecule has 1 N–H and O–H groups in total. The minimum atomic E-state index is -0.597. The Morgan fingerprint density at radius 2 is 2.15 bits per heavy atom. The van der Waals surface area contributed by atoms with Gasteiger partial charge in [-0.15, -0.1) is 5.10 Å². The first kappa shape index (κ1) is 14.3. The molecule has 1 aromatic heterocycles. The molecule has 2 rings (SSSR count). The third-order valence-corrected chi connectivity index (χ3v) is 2.54. The van der Waals surface area contributed by atoms with Crippen molar-refractivity contribution in [2.75, 3.05) is 0 Å². The highest BCUT2D eigenvalue weighted by Gasteiger charge is 2.17. The van der Waals surface area contributed by atoms with Crippen LogP contribution in [0.1, 0.15) is 20.8 Å². The van der Waals surface area contributed by atoms with Crippen LogP contribution in [0.4, 0.5) is 4.79 Å². The molecule has 0 aliphatic heterocycles. The maximum atomic E-state index is 11.7. The fraction of sp³-hybridized carbons (Fsp3) is 0.308. The molecule has 0 spiro atoms. The van der Waals surface area contributed by atoms with E-state index in [1.165, 1.54) is 4.68 Å². The number of hydrogen-bond donors (Lipinski definition) is 1. The van der Waals surface area contributed by atoms with Crippen molar-refractivity contribution in [1.29, 1.82) is 0 Å². The van der Waals surface area contributed by atoms with E-state index in [1.54, 1.807) is 39.0 Å². The van der Waals surface area contributed by atoms with E-state index in [9.17, 15) is 4.79 Å². The molecule has 20 heavy (non-hydrogen) atoms. The number of fused-ring (bicyclic) bond motifs is 1. The lowest BCUT2D eigenvalue weighted by Crippen LogP contribution is -2.32. The molecule has 2 aromatic rings. The van der Waals surface area contributed by atoms with Crippen LogP contribution < -0.4 is 5.32 Å². The summed E-state index contributed by atoms with van der Waals surface area (Å²) in [4.78, 5) is 11.7. The van der Waals surface area contributed by atoms with Gasteiger partial charge >= 0.3 is 6.09 Å². The van der Waals surface area contributed by atoms with Crippen LogP contribution in [0.5, 0.6) is 0 Å². The van der Waals surface area contributed by atoms with Crippen LogP contribution in [0.15, 0.2) is 24.8 Å². The van der Waals surface area contributed by atoms with Crippen molar-refractivity contribution in [1.82, 2.24) is 20.3 Å². The van der Waals surface area contributed by atoms with Crippen molar-refractivity contribution in [3.8, 4) is 0 Å². The van der Waals surface area contributed by atoms with Gasteiger partial charge < -0.3 is 4.74 Å². The van der Waals surface area contributed by atoms with Gasteiger partial charge in [-0.1, -0.05) is 23.4 Å². The Morgan fingerprint density at radius 3 is 2.80 bits per heavy atom. The van der Waals surface area contributed by atoms with E-state index in [0.717, 1.165) is 0 Å². The molecule has 6 nitrogen and oxygen atoms in total. The summed E-state index contributed by atoms with van der Waals surface area (Å²) in [5.74, 6) is 0.254. The third-order valence-electron chi connectivity index (χ3n) is 2.31. The molecule has 1 aromatic carbocycles. The van der Waals surface area contributed by atoms with E-state index in [4.69, 9.17) is 16.3 Å². The van der Waals surface area contributed by atoms with E-state index >= 15 is 0 Å². The highest BCUT2D eigenvalue weighted by molar-refractivity contribution is 6.31. The Bertz CT molecular complexity index is 673. The van der Waals surface area contributed by atoms with E-state index < -0.39 is 11.7 Å². The molecule has 0 saturated carbocycles. The maximum absolute atomic E-state index is 11.7. The Kier molecular flexibility index (Phi) is 3.67. The van der Waals surface area contributed by atoms with Gasteiger partial charge in [0.15, 0.2) is 0 Å². The molecule has 0 saturated heterocycles. The summed E-state index contributed by atoms with van der Waals surface area (Å²) < 4.78 is 6.56. The van der Waals surface area contributed by atoms with E-state index in [-0.39, 0.29) is 5.82 Å². The zero-order valence-corrected chi connectivity index (χ0v) is 12.2. The van der Waals surface area contributed by atoms with Crippen molar-refractivity contribution < 1.29 is 9.53 Å². The molecule has 1 heterocycles. The average molecular weight is 295 g/mol. The molecular formula is C13H15ClN4O2. The number of hydrogen-bond acceptors (Lipinski definition) is 4. The van der Waals surface area contributed by atoms with Crippen molar-refractivity contribution in [2.24, 2.45) is 0 Å². The van der Waals surface area contributed by atoms with E-state index in [2.05, 4.69) is 22.2 Å². The van der Waals surface area contributed by atoms with Crippen molar-refractivity contribution in [3.05, 3.63) is 29.8 Å². The highest BCUT2D eigenvalue weighted by Crippen LogP contribution is 2.18. The van der Waals surface area contributed by atoms with Crippen LogP contribution in [-0.4, -0.2) is 26.7 Å². The number of amides is 1. The molecule has 0 radical (unpaired) electrons. The number of carbonyl (C=O) groups excluding carboxylic acids is 1. The first-order chi connectivity index (χ1) is 9.26. The lowest BCUT2D eigenvalue weighted by atomic mass is 10.2. The molecule has 0 aliphatic carbocycles. The van der Waals surface area contributed by atoms with Crippen LogP contribution in [0.25, 0.3) is 16.9 Å². The van der Waals surface area contributed by atoms with Gasteiger partial charge in [0.1, 0.15) is 16.9 Å². The van der Waals surface area contributed by atoms with Gasteiger partial charge in [0, 0.05) is 5.02 Å². The Hall–Kier alpha value is -2.08. The fourth-order valence-corrected chi connectivity index (χ4v) is 1.74. The van der Waals surface area contributed by atoms with Gasteiger partial charge in [-0.3, -0.25) is 5.32 Å². The predicted molar refractivity (Wildman–Crippen MR) is 77.2 cm³/mol. The van der Waals surface area contributed by atoms with Crippen LogP contribution in [0, 0.1) is 0 Å². The molecule has 0 bridgehead atoms. The summed E-state index contributed by atoms with van der Waals surface area (Å²) in [6.07, 6.45) is -0.597. The molecule has 7 heteroatoms. The SMILES string of the molecule is C=C(NC(=O)OC(C)(C)C)n1nnc2cc(Cl)ccc21. The second kappa shape index (κ2) is 5.13. The summed E-state index contributed by atoms with van der Waals surface area (Å²) in [6.45, 7) is 9.10. The van der Waals surface area contributed by atoms with Gasteiger partial charge in [0.25, 0.3) is 0 Å². The standard InChI is InChI=1S/C13H15ClN4O2/c1-8(15-12(19)20-13(2,3)4)18-11-6-5-9(14)7-10(11)16-17-18/h5-7H,1H2,2-4H3,(H,15,19). The Labute approximate surface area is 121 Å². The number of benzene rings is 1. The number of aromatic nitrogens is 3. The summed E-state index contributed by atoms with van der Waals surface area (Å²) in [5.41, 5.74) is 0.725. The lowest BCUT2D eigenvalue weighted by molar-refractivity contribution is 0.0555. The smallest absolute Gasteiger partial charge is 0.413 e. The number of halogens is 1. The van der Waals surface area contributed by atoms with Gasteiger partial charge in [0.05, 0.1) is 5.52 Å². The topological polar surface area (TPSA) is 69.0 Å². The van der Waals surface area contributed by atoms with Gasteiger partial charge in [-0.2, -0.15) is 4.68 Å². The molecule has 0 fully saturated rings. The number of nitrogens with zero attached hydrogens (tertiary/aromatic N) is 3. The van der Waals surface area contributed by atoms with Crippen molar-refractivity contribution in [2.45, 2.75) is 26.4 Å². The summed E-state index contributed by atoms with van der Waals surface area (Å²) >= 11 is 5.88. The molecule has 0 unspecified atom stereocenters. The largest absolute Gasteiger partial charge is 0.444 e. The number of alkyl carbamates (subject to hydrolysis) is 1. The van der Waals surface area contributed by atoms with Gasteiger partial charge in [-0.25, -0.2) is 4.79 Å². The van der Waals surface area contributed by atoms with Crippen LogP contribution >= 0.6 is 11.6 Å². The zero-order chi connectivity index (χ0) is 14.9. The molecule has 0 atom stereocenters. The van der Waals surface area contributed by atoms with Gasteiger partial charge in [-0.05, 0) is 39.0 Å². The Balaban J connectivity index is 2.18. The van der Waals surface area contributed by atoms with Crippen LogP contribution in [-0.2, 0) is 4.74 Å². The van der Waals surface area contributed by atoms with Crippen molar-refractivity contribution in [3.63, 3.8) is 0 Å². The number of nitrogens with one attached hydrogen (secondary N) is 1. The van der Waals surface area contributed by atoms with Crippen LogP contribution in [0.3, 0.4) is 0 Å². The summed E-state index contributed by atoms with van der Waals surface area (Å²) in [7, 11) is 0. The lowest BCUT2D eigenvalue weighted by Gasteiger charge is -2.20. The first-order valence-corrected chi connectivity index (χ1v) is 6.34. The average Bonchev–Trinajstić information content (AvgIpc) is 2.68. The highest BCUT2D eigenvalue weighted by atomic mass is 35.5. The second-order valence-corrected chi connectivity index (χ2v) is 5.64. The minimum Gasteiger partial charge on any atom is -0.444 e. The summed E-state index contributed by atoms with van der Waals surface area (Å²) in [6, 6.07) is 5.14. The Morgan fingerprint density at radius 1 is 1.45 bits per heavy atom. The number of rotatable bonds is 2. The number of carbonyl (C=O) groups is 1. The molecule has 1 amide bonds. The minimum absolute atomic E-state index is 0.254. The number of ether oxygens (including phenoxy) is 1. The zero-order valence-electron chi connectivity index (χ0n) is 11.5. The summed E-state index contributed by atoms with van der Waals surface area (Å²) in [5, 5.41) is 11.0. The van der Waals surface area contributed by atoms with E-state index in [0.29, 0.717) is 16.1 Å². The second-order valence-electron chi connectivity index (χ2n) is 5.21. The maximum Gasteiger partial charge on any atom is 0.413 e. The normalized spacial score (nSPS) is 11.4. The molecule has 0 aliphatic rings. The molecule has 106 valence electrons. The molecular weight excluding hydrogens is 280 g/mol. The van der Waals surface area contributed by atoms with Crippen molar-refractivity contribution >= 4 is 34.5 Å².